The molecule has 1 N–H and O–H groups in total. The Morgan fingerprint density at radius 1 is 1.42 bits per heavy atom. The van der Waals surface area contributed by atoms with Crippen LogP contribution in [0.4, 0.5) is 5.82 Å². The molecule has 3 unspecified atom stereocenters. The van der Waals surface area contributed by atoms with E-state index >= 15 is 0 Å². The fourth-order valence-electron chi connectivity index (χ4n) is 4.05. The van der Waals surface area contributed by atoms with Crippen LogP contribution < -0.4 is 10.1 Å². The quantitative estimate of drug-likeness (QED) is 0.783. The van der Waals surface area contributed by atoms with Gasteiger partial charge in [-0.2, -0.15) is 4.31 Å². The molecule has 3 fully saturated rings. The van der Waals surface area contributed by atoms with Crippen molar-refractivity contribution in [2.45, 2.75) is 45.1 Å². The molecule has 1 amide bonds. The third-order valence-electron chi connectivity index (χ3n) is 5.41. The topological polar surface area (TPSA) is 88.6 Å². The van der Waals surface area contributed by atoms with E-state index in [-0.39, 0.29) is 29.5 Å². The Bertz CT molecular complexity index is 753. The number of pyridine rings is 1. The van der Waals surface area contributed by atoms with Gasteiger partial charge in [-0.1, -0.05) is 13.3 Å². The van der Waals surface area contributed by atoms with E-state index in [9.17, 15) is 13.2 Å². The number of piperidine rings is 2. The maximum atomic E-state index is 12.9. The lowest BCUT2D eigenvalue weighted by atomic mass is 9.73. The maximum Gasteiger partial charge on any atom is 0.230 e. The normalized spacial score (nSPS) is 25.8. The summed E-state index contributed by atoms with van der Waals surface area (Å²) in [5.41, 5.74) is 0. The summed E-state index contributed by atoms with van der Waals surface area (Å²) in [5, 5.41) is 2.83. The van der Waals surface area contributed by atoms with E-state index in [4.69, 9.17) is 4.74 Å². The molecule has 26 heavy (non-hydrogen) atoms. The SMILES string of the molecule is CCCCS(=O)(=O)N1CC2CCC1C(C(=O)Nc1ncccc1OC)C2. The molecule has 0 spiro atoms. The van der Waals surface area contributed by atoms with Gasteiger partial charge in [0.2, 0.25) is 15.9 Å². The standard InChI is InChI=1S/C18H27N3O4S/c1-3-4-10-26(23,24)21-12-13-7-8-15(21)14(11-13)18(22)20-17-16(25-2)6-5-9-19-17/h5-6,9,13-15H,3-4,7-8,10-12H2,1-2H3,(H,19,20,22). The Morgan fingerprint density at radius 2 is 2.23 bits per heavy atom. The van der Waals surface area contributed by atoms with Gasteiger partial charge in [-0.05, 0) is 43.7 Å². The molecular formula is C18H27N3O4S. The van der Waals surface area contributed by atoms with Crippen LogP contribution in [0.15, 0.2) is 18.3 Å². The molecule has 1 aromatic heterocycles. The van der Waals surface area contributed by atoms with Gasteiger partial charge >= 0.3 is 0 Å². The minimum atomic E-state index is -3.32. The number of sulfonamides is 1. The number of fused-ring (bicyclic) bond motifs is 3. The molecule has 0 aromatic carbocycles. The highest BCUT2D eigenvalue weighted by atomic mass is 32.2. The number of methoxy groups -OCH3 is 1. The van der Waals surface area contributed by atoms with E-state index in [2.05, 4.69) is 10.3 Å². The number of anilines is 1. The monoisotopic (exact) mass is 381 g/mol. The number of amides is 1. The average molecular weight is 381 g/mol. The molecule has 3 aliphatic rings. The first-order chi connectivity index (χ1) is 12.5. The second kappa shape index (κ2) is 7.92. The summed E-state index contributed by atoms with van der Waals surface area (Å²) in [6.45, 7) is 2.53. The lowest BCUT2D eigenvalue weighted by molar-refractivity contribution is -0.125. The number of nitrogens with zero attached hydrogens (tertiary/aromatic N) is 2. The van der Waals surface area contributed by atoms with Crippen molar-refractivity contribution in [2.24, 2.45) is 11.8 Å². The highest BCUT2D eigenvalue weighted by Gasteiger charge is 2.48. The first-order valence-corrected chi connectivity index (χ1v) is 10.9. The van der Waals surface area contributed by atoms with Crippen molar-refractivity contribution in [3.8, 4) is 5.75 Å². The third kappa shape index (κ3) is 3.86. The first-order valence-electron chi connectivity index (χ1n) is 9.25. The average Bonchev–Trinajstić information content (AvgIpc) is 2.67. The minimum absolute atomic E-state index is 0.162. The third-order valence-corrected chi connectivity index (χ3v) is 7.35. The van der Waals surface area contributed by atoms with Crippen molar-refractivity contribution in [3.05, 3.63) is 18.3 Å². The van der Waals surface area contributed by atoms with Gasteiger partial charge in [0, 0.05) is 18.8 Å². The van der Waals surface area contributed by atoms with Crippen molar-refractivity contribution < 1.29 is 17.9 Å². The summed E-state index contributed by atoms with van der Waals surface area (Å²) < 4.78 is 32.3. The van der Waals surface area contributed by atoms with Crippen LogP contribution in [-0.4, -0.2) is 49.1 Å². The molecule has 3 atom stereocenters. The number of nitrogens with one attached hydrogen (secondary N) is 1. The Kier molecular flexibility index (Phi) is 5.82. The predicted molar refractivity (Wildman–Crippen MR) is 99.4 cm³/mol. The van der Waals surface area contributed by atoms with E-state index in [1.807, 2.05) is 6.92 Å². The number of rotatable bonds is 7. The molecule has 2 aliphatic heterocycles. The largest absolute Gasteiger partial charge is 0.493 e. The number of aromatic nitrogens is 1. The highest BCUT2D eigenvalue weighted by molar-refractivity contribution is 7.89. The van der Waals surface area contributed by atoms with Crippen LogP contribution >= 0.6 is 0 Å². The zero-order valence-corrected chi connectivity index (χ0v) is 16.2. The summed E-state index contributed by atoms with van der Waals surface area (Å²) in [4.78, 5) is 17.0. The fourth-order valence-corrected chi connectivity index (χ4v) is 6.04. The Morgan fingerprint density at radius 3 is 2.92 bits per heavy atom. The highest BCUT2D eigenvalue weighted by Crippen LogP contribution is 2.41. The van der Waals surface area contributed by atoms with Crippen molar-refractivity contribution in [1.82, 2.24) is 9.29 Å². The summed E-state index contributed by atoms with van der Waals surface area (Å²) in [5.74, 6) is 0.765. The Hall–Kier alpha value is -1.67. The molecule has 2 bridgehead atoms. The molecule has 3 heterocycles. The Balaban J connectivity index is 1.76. The molecule has 0 radical (unpaired) electrons. The van der Waals surface area contributed by atoms with Gasteiger partial charge in [-0.25, -0.2) is 13.4 Å². The number of ether oxygens (including phenoxy) is 1. The smallest absolute Gasteiger partial charge is 0.230 e. The van der Waals surface area contributed by atoms with Crippen LogP contribution in [0.5, 0.6) is 5.75 Å². The van der Waals surface area contributed by atoms with E-state index in [1.54, 1.807) is 22.6 Å². The van der Waals surface area contributed by atoms with Crippen molar-refractivity contribution in [2.75, 3.05) is 24.7 Å². The molecule has 1 aliphatic carbocycles. The summed E-state index contributed by atoms with van der Waals surface area (Å²) in [6.07, 6.45) is 5.54. The minimum Gasteiger partial charge on any atom is -0.493 e. The van der Waals surface area contributed by atoms with Crippen molar-refractivity contribution in [1.29, 1.82) is 0 Å². The van der Waals surface area contributed by atoms with Gasteiger partial charge in [-0.3, -0.25) is 4.79 Å². The van der Waals surface area contributed by atoms with Gasteiger partial charge in [0.05, 0.1) is 18.8 Å². The van der Waals surface area contributed by atoms with Crippen molar-refractivity contribution in [3.63, 3.8) is 0 Å². The summed E-state index contributed by atoms with van der Waals surface area (Å²) >= 11 is 0. The molecule has 1 saturated carbocycles. The lowest BCUT2D eigenvalue weighted by Gasteiger charge is -2.48. The number of carbonyl (C=O) groups is 1. The van der Waals surface area contributed by atoms with E-state index in [1.165, 1.54) is 7.11 Å². The number of carbonyl (C=O) groups excluding carboxylic acids is 1. The first kappa shape index (κ1) is 19.1. The van der Waals surface area contributed by atoms with Crippen LogP contribution in [0.2, 0.25) is 0 Å². The molecule has 144 valence electrons. The van der Waals surface area contributed by atoms with Crippen LogP contribution in [0.3, 0.4) is 0 Å². The zero-order chi connectivity index (χ0) is 18.7. The van der Waals surface area contributed by atoms with Crippen LogP contribution in [0, 0.1) is 11.8 Å². The number of hydrogen-bond donors (Lipinski definition) is 1. The van der Waals surface area contributed by atoms with E-state index in [0.717, 1.165) is 25.7 Å². The van der Waals surface area contributed by atoms with Crippen LogP contribution in [-0.2, 0) is 14.8 Å². The predicted octanol–water partition coefficient (Wildman–Crippen LogP) is 2.26. The fraction of sp³-hybridized carbons (Fsp3) is 0.667. The van der Waals surface area contributed by atoms with Gasteiger partial charge in [0.1, 0.15) is 0 Å². The van der Waals surface area contributed by atoms with E-state index < -0.39 is 10.0 Å². The molecule has 2 saturated heterocycles. The van der Waals surface area contributed by atoms with Gasteiger partial charge in [0.15, 0.2) is 11.6 Å². The molecule has 7 nitrogen and oxygen atoms in total. The number of unbranched alkanes of at least 4 members (excludes halogenated alkanes) is 1. The molecular weight excluding hydrogens is 354 g/mol. The molecule has 4 rings (SSSR count). The van der Waals surface area contributed by atoms with Crippen LogP contribution in [0.1, 0.15) is 39.0 Å². The second-order valence-corrected chi connectivity index (χ2v) is 9.18. The summed E-state index contributed by atoms with van der Waals surface area (Å²) in [6, 6.07) is 3.22. The van der Waals surface area contributed by atoms with Crippen LogP contribution in [0.25, 0.3) is 0 Å². The summed E-state index contributed by atoms with van der Waals surface area (Å²) in [7, 11) is -1.79. The van der Waals surface area contributed by atoms with Crippen molar-refractivity contribution >= 4 is 21.7 Å². The lowest BCUT2D eigenvalue weighted by Crippen LogP contribution is -2.58. The Labute approximate surface area is 155 Å². The maximum absolute atomic E-state index is 12.9. The van der Waals surface area contributed by atoms with E-state index in [0.29, 0.717) is 24.5 Å². The molecule has 8 heteroatoms. The van der Waals surface area contributed by atoms with Gasteiger partial charge in [0.25, 0.3) is 0 Å². The number of hydrogen-bond acceptors (Lipinski definition) is 5. The molecule has 1 aromatic rings. The zero-order valence-electron chi connectivity index (χ0n) is 15.3. The van der Waals surface area contributed by atoms with Gasteiger partial charge in [-0.15, -0.1) is 0 Å². The second-order valence-electron chi connectivity index (χ2n) is 7.14. The van der Waals surface area contributed by atoms with Gasteiger partial charge < -0.3 is 10.1 Å².